The van der Waals surface area contributed by atoms with E-state index < -0.39 is 0 Å². The number of fused-ring (bicyclic) bond motifs is 4. The molecule has 0 saturated carbocycles. The standard InChI is InChI=1S/C28H31N5O2S.C26H25N5OS.2C24H24N4O2S/c1-18(2)35-25-12-9-19(15-20(25)16-29)27-31-32-28(36-27)23-8-6-7-22-21(23)10-11-24(22)30-17-26(34)33-13-4-3-5-14-33;1-16(2)32-24-11-8-17(13-18(24)14-27)25-30-31-26(33-25)22-7-3-6-21-20(22)9-10-23(21)29-15-19-5-4-12-28-19;2*1-14(2)30-22-10-7-16(11-17(22)12-25)23-27-28-24(31-23)20-6-4-5-19-18(20)8-9-21(19)26-13-15(3)29/h6-9,12,15,18,24,30H,3-5,10-11,13-14,17H2,1-2H3;3-4,6-8,11-13,16,23,29H,5,9-10,15H2,1-2H3;2*4-7,10-11,14,21,26H,8-9,13H2,1-3H3/t24-;23-;2*21-/m1010/s1. The molecule has 6 heterocycles. The first-order chi connectivity index (χ1) is 63.6. The minimum atomic E-state index is -0.00235. The maximum atomic E-state index is 12.6. The average Bonchev–Trinajstić information content (AvgIpc) is 1.65. The molecular formula is C102H104N18O7S4. The third kappa shape index (κ3) is 22.6. The lowest BCUT2D eigenvalue weighted by atomic mass is 10.0. The average molecular weight is 1820 g/mol. The van der Waals surface area contributed by atoms with Crippen LogP contribution in [0.3, 0.4) is 0 Å². The van der Waals surface area contributed by atoms with E-state index in [1.807, 2.05) is 139 Å². The number of benzene rings is 8. The number of carbonyl (C=O) groups is 3. The quantitative estimate of drug-likeness (QED) is 0.0354. The van der Waals surface area contributed by atoms with Gasteiger partial charge in [0.2, 0.25) is 5.91 Å². The number of piperidine rings is 1. The summed E-state index contributed by atoms with van der Waals surface area (Å²) in [5.74, 6) is 2.82. The smallest absolute Gasteiger partial charge is 0.236 e. The SMILES string of the molecule is CC(=O)CN[C@@H]1CCc2c(-c3nnc(-c4ccc(OC(C)C)c(C#N)c4)s3)cccc21.CC(=O)CN[C@H]1CCc2c(-c3nnc(-c4ccc(OC(C)C)c(C#N)c4)s3)cccc21.CC(C)Oc1ccc(-c2nnc(-c3cccc4c3CC[C@@H]4NCC3=NC=CC3)s2)cc1C#N.CC(C)Oc1ccc(-c2nnc(-c3cccc4c3CC[C@H]4NCC(=O)N3CCCCC3)s2)cc1C#N. The van der Waals surface area contributed by atoms with Crippen molar-refractivity contribution in [1.82, 2.24) is 67.0 Å². The minimum Gasteiger partial charge on any atom is -0.490 e. The number of amides is 1. The molecule has 0 bridgehead atoms. The van der Waals surface area contributed by atoms with Crippen molar-refractivity contribution in [2.24, 2.45) is 4.99 Å². The van der Waals surface area contributed by atoms with Gasteiger partial charge in [0.25, 0.3) is 0 Å². The third-order valence-corrected chi connectivity index (χ3v) is 27.2. The highest BCUT2D eigenvalue weighted by Crippen LogP contribution is 2.46. The number of hydrogen-bond donors (Lipinski definition) is 4. The Kier molecular flexibility index (Phi) is 30.7. The molecule has 25 nitrogen and oxygen atoms in total. The van der Waals surface area contributed by atoms with E-state index in [0.29, 0.717) is 70.9 Å². The van der Waals surface area contributed by atoms with E-state index in [1.54, 1.807) is 37.3 Å². The Morgan fingerprint density at radius 1 is 0.389 bits per heavy atom. The molecule has 4 atom stereocenters. The second-order valence-corrected chi connectivity index (χ2v) is 38.0. The highest BCUT2D eigenvalue weighted by molar-refractivity contribution is 7.19. The maximum Gasteiger partial charge on any atom is 0.236 e. The summed E-state index contributed by atoms with van der Waals surface area (Å²) < 4.78 is 22.9. The summed E-state index contributed by atoms with van der Waals surface area (Å²) in [5.41, 5.74) is 21.3. The minimum absolute atomic E-state index is 0.0000187. The summed E-state index contributed by atoms with van der Waals surface area (Å²) in [6, 6.07) is 57.3. The first-order valence-electron chi connectivity index (χ1n) is 44.7. The lowest BCUT2D eigenvalue weighted by Gasteiger charge is -2.27. The number of ketones is 2. The molecule has 2 aliphatic heterocycles. The molecule has 668 valence electrons. The fourth-order valence-corrected chi connectivity index (χ4v) is 20.8. The summed E-state index contributed by atoms with van der Waals surface area (Å²) in [4.78, 5) is 41.7. The van der Waals surface area contributed by atoms with Gasteiger partial charge in [-0.25, -0.2) is 0 Å². The molecule has 1 amide bonds. The van der Waals surface area contributed by atoms with Gasteiger partial charge in [-0.05, 0) is 257 Å². The molecule has 12 aromatic rings. The second kappa shape index (κ2) is 43.3. The summed E-state index contributed by atoms with van der Waals surface area (Å²) in [6.07, 6.45) is 16.2. The summed E-state index contributed by atoms with van der Waals surface area (Å²) >= 11 is 6.12. The van der Waals surface area contributed by atoms with Crippen LogP contribution in [0.5, 0.6) is 23.0 Å². The Balaban J connectivity index is 0.000000134. The van der Waals surface area contributed by atoms with Gasteiger partial charge in [-0.15, -0.1) is 40.8 Å². The molecule has 18 rings (SSSR count). The third-order valence-electron chi connectivity index (χ3n) is 23.2. The van der Waals surface area contributed by atoms with Crippen LogP contribution in [0.4, 0.5) is 0 Å². The van der Waals surface area contributed by atoms with Crippen molar-refractivity contribution >= 4 is 68.5 Å². The van der Waals surface area contributed by atoms with Crippen molar-refractivity contribution in [2.45, 2.75) is 195 Å². The van der Waals surface area contributed by atoms with E-state index in [9.17, 15) is 35.4 Å². The number of nitrogens with one attached hydrogen (secondary N) is 4. The zero-order valence-electron chi connectivity index (χ0n) is 75.1. The molecule has 1 saturated heterocycles. The molecule has 6 aliphatic rings. The van der Waals surface area contributed by atoms with Gasteiger partial charge in [0.15, 0.2) is 0 Å². The number of hydrogen-bond acceptors (Lipinski definition) is 28. The summed E-state index contributed by atoms with van der Waals surface area (Å²) in [7, 11) is 0. The number of likely N-dealkylation sites (tertiary alicyclic amines) is 1. The number of nitriles is 4. The van der Waals surface area contributed by atoms with Crippen LogP contribution >= 0.6 is 45.3 Å². The monoisotopic (exact) mass is 1820 g/mol. The Morgan fingerprint density at radius 2 is 0.679 bits per heavy atom. The van der Waals surface area contributed by atoms with Crippen LogP contribution in [0.2, 0.25) is 0 Å². The number of ether oxygens (including phenoxy) is 4. The van der Waals surface area contributed by atoms with Crippen LogP contribution in [0.1, 0.15) is 212 Å². The van der Waals surface area contributed by atoms with Crippen LogP contribution in [0.25, 0.3) is 84.6 Å². The molecule has 8 aromatic carbocycles. The van der Waals surface area contributed by atoms with E-state index >= 15 is 0 Å². The van der Waals surface area contributed by atoms with Crippen molar-refractivity contribution in [3.8, 4) is 132 Å². The van der Waals surface area contributed by atoms with Gasteiger partial charge in [-0.1, -0.05) is 124 Å². The first kappa shape index (κ1) is 92.9. The number of carbonyl (C=O) groups excluding carboxylic acids is 3. The molecule has 0 radical (unpaired) electrons. The predicted molar refractivity (Wildman–Crippen MR) is 514 cm³/mol. The summed E-state index contributed by atoms with van der Waals surface area (Å²) in [6.45, 7) is 22.5. The zero-order valence-corrected chi connectivity index (χ0v) is 78.4. The van der Waals surface area contributed by atoms with E-state index in [1.165, 1.54) is 90.7 Å². The number of aliphatic imine (C=N–C) groups is 1. The van der Waals surface area contributed by atoms with Crippen molar-refractivity contribution in [3.05, 3.63) is 225 Å². The Bertz CT molecular complexity index is 6240. The van der Waals surface area contributed by atoms with Gasteiger partial charge in [0.05, 0.1) is 66.3 Å². The molecule has 29 heteroatoms. The van der Waals surface area contributed by atoms with Crippen LogP contribution in [-0.4, -0.2) is 133 Å². The fourth-order valence-electron chi connectivity index (χ4n) is 17.2. The molecule has 4 aromatic heterocycles. The van der Waals surface area contributed by atoms with Gasteiger partial charge in [-0.2, -0.15) is 21.0 Å². The van der Waals surface area contributed by atoms with Crippen molar-refractivity contribution in [2.75, 3.05) is 39.3 Å². The Morgan fingerprint density at radius 3 is 0.954 bits per heavy atom. The van der Waals surface area contributed by atoms with Gasteiger partial charge in [-0.3, -0.25) is 19.4 Å². The van der Waals surface area contributed by atoms with Crippen LogP contribution in [-0.2, 0) is 40.1 Å². The summed E-state index contributed by atoms with van der Waals surface area (Å²) in [5, 5.41) is 94.2. The van der Waals surface area contributed by atoms with Crippen LogP contribution in [0, 0.1) is 45.3 Å². The van der Waals surface area contributed by atoms with Crippen molar-refractivity contribution < 1.29 is 33.3 Å². The van der Waals surface area contributed by atoms with Crippen molar-refractivity contribution in [3.63, 3.8) is 0 Å². The number of allylic oxidation sites excluding steroid dienone is 1. The van der Waals surface area contributed by atoms with Crippen LogP contribution in [0.15, 0.2) is 163 Å². The van der Waals surface area contributed by atoms with Crippen LogP contribution < -0.4 is 40.2 Å². The normalized spacial score (nSPS) is 16.0. The highest BCUT2D eigenvalue weighted by Gasteiger charge is 2.33. The lowest BCUT2D eigenvalue weighted by Crippen LogP contribution is -2.41. The predicted octanol–water partition coefficient (Wildman–Crippen LogP) is 20.0. The molecule has 4 aliphatic carbocycles. The molecule has 4 N–H and O–H groups in total. The second-order valence-electron chi connectivity index (χ2n) is 34.1. The maximum absolute atomic E-state index is 12.6. The zero-order chi connectivity index (χ0) is 91.8. The number of aromatic nitrogens is 8. The number of rotatable bonds is 28. The topological polar surface area (TPSA) is 350 Å². The largest absolute Gasteiger partial charge is 0.490 e. The van der Waals surface area contributed by atoms with E-state index in [4.69, 9.17) is 18.9 Å². The van der Waals surface area contributed by atoms with Gasteiger partial charge < -0.3 is 45.1 Å². The fraction of sp³-hybridized carbons (Fsp3) is 0.353. The van der Waals surface area contributed by atoms with Crippen molar-refractivity contribution in [1.29, 1.82) is 21.0 Å². The molecular weight excluding hydrogens is 1720 g/mol. The lowest BCUT2D eigenvalue weighted by molar-refractivity contribution is -0.131. The molecule has 0 spiro atoms. The van der Waals surface area contributed by atoms with Gasteiger partial charge in [0.1, 0.15) is 98.9 Å². The van der Waals surface area contributed by atoms with E-state index in [-0.39, 0.29) is 60.0 Å². The van der Waals surface area contributed by atoms with E-state index in [0.717, 1.165) is 175 Å². The highest BCUT2D eigenvalue weighted by atomic mass is 32.1. The first-order valence-corrected chi connectivity index (χ1v) is 47.9. The van der Waals surface area contributed by atoms with Gasteiger partial charge in [0, 0.05) is 107 Å². The Hall–Kier alpha value is -12.8. The molecule has 131 heavy (non-hydrogen) atoms. The number of Topliss-reactive ketones (excluding diaryl/α,β-unsaturated/α-hetero) is 2. The Labute approximate surface area is 780 Å². The van der Waals surface area contributed by atoms with Gasteiger partial charge >= 0.3 is 0 Å². The number of nitrogens with zero attached hydrogens (tertiary/aromatic N) is 14. The molecule has 1 fully saturated rings. The molecule has 0 unspecified atom stereocenters. The van der Waals surface area contributed by atoms with E-state index in [2.05, 4.69) is 158 Å².